The first-order valence-corrected chi connectivity index (χ1v) is 14.0. The van der Waals surface area contributed by atoms with E-state index in [1.165, 1.54) is 18.9 Å². The molecule has 0 aromatic rings. The van der Waals surface area contributed by atoms with E-state index in [-0.39, 0.29) is 13.2 Å². The number of ether oxygens (including phenoxy) is 1. The molecule has 0 saturated carbocycles. The Morgan fingerprint density at radius 2 is 1.55 bits per heavy atom. The quantitative estimate of drug-likeness (QED) is 0.428. The van der Waals surface area contributed by atoms with E-state index in [2.05, 4.69) is 33.1 Å². The molecule has 0 amide bonds. The maximum Gasteiger partial charge on any atom is 0.173 e. The van der Waals surface area contributed by atoms with Gasteiger partial charge in [-0.25, -0.2) is 0 Å². The summed E-state index contributed by atoms with van der Waals surface area (Å²) in [6, 6.07) is 2.34. The first-order chi connectivity index (χ1) is 9.22. The summed E-state index contributed by atoms with van der Waals surface area (Å²) in [5.41, 5.74) is 0. The zero-order valence-electron chi connectivity index (χ0n) is 13.9. The van der Waals surface area contributed by atoms with Crippen LogP contribution in [-0.4, -0.2) is 52.8 Å². The molecule has 20 heavy (non-hydrogen) atoms. The molecular weight excluding hydrogens is 288 g/mol. The van der Waals surface area contributed by atoms with E-state index in [1.807, 2.05) is 0 Å². The smallest absolute Gasteiger partial charge is 0.173 e. The van der Waals surface area contributed by atoms with Crippen molar-refractivity contribution < 1.29 is 19.1 Å². The Morgan fingerprint density at radius 3 is 2.05 bits per heavy atom. The average Bonchev–Trinajstić information content (AvgIpc) is 2.34. The Kier molecular flexibility index (Phi) is 10.2. The largest absolute Gasteiger partial charge is 0.455 e. The third kappa shape index (κ3) is 11.0. The SMILES string of the molecule is CCCC[Si](C)(C)O[Si](C)(C)CCCOCC(O)CO. The zero-order chi connectivity index (χ0) is 15.6. The van der Waals surface area contributed by atoms with Gasteiger partial charge in [0.2, 0.25) is 0 Å². The Balaban J connectivity index is 3.88. The summed E-state index contributed by atoms with van der Waals surface area (Å²) in [4.78, 5) is 0. The molecule has 0 saturated heterocycles. The molecule has 0 bridgehead atoms. The van der Waals surface area contributed by atoms with Crippen LogP contribution in [-0.2, 0) is 8.85 Å². The van der Waals surface area contributed by atoms with Gasteiger partial charge in [-0.3, -0.25) is 0 Å². The second-order valence-corrected chi connectivity index (χ2v) is 15.6. The van der Waals surface area contributed by atoms with Gasteiger partial charge in [-0.2, -0.15) is 0 Å². The van der Waals surface area contributed by atoms with Crippen LogP contribution in [0.25, 0.3) is 0 Å². The Labute approximate surface area is 126 Å². The molecule has 0 aliphatic heterocycles. The van der Waals surface area contributed by atoms with Gasteiger partial charge in [0.15, 0.2) is 16.6 Å². The monoisotopic (exact) mass is 322 g/mol. The van der Waals surface area contributed by atoms with Gasteiger partial charge in [-0.15, -0.1) is 0 Å². The van der Waals surface area contributed by atoms with Crippen LogP contribution >= 0.6 is 0 Å². The van der Waals surface area contributed by atoms with Crippen LogP contribution in [0.2, 0.25) is 38.3 Å². The van der Waals surface area contributed by atoms with Crippen molar-refractivity contribution in [1.29, 1.82) is 0 Å². The highest BCUT2D eigenvalue weighted by Crippen LogP contribution is 2.24. The van der Waals surface area contributed by atoms with Crippen molar-refractivity contribution in [2.75, 3.05) is 19.8 Å². The molecule has 6 heteroatoms. The molecule has 0 aromatic heterocycles. The van der Waals surface area contributed by atoms with Gasteiger partial charge in [-0.05, 0) is 44.7 Å². The minimum absolute atomic E-state index is 0.218. The van der Waals surface area contributed by atoms with Crippen molar-refractivity contribution in [3.05, 3.63) is 0 Å². The van der Waals surface area contributed by atoms with Crippen LogP contribution in [0.4, 0.5) is 0 Å². The van der Waals surface area contributed by atoms with Crippen molar-refractivity contribution in [2.45, 2.75) is 70.6 Å². The summed E-state index contributed by atoms with van der Waals surface area (Å²) in [5, 5.41) is 17.8. The van der Waals surface area contributed by atoms with Crippen molar-refractivity contribution in [1.82, 2.24) is 0 Å². The summed E-state index contributed by atoms with van der Waals surface area (Å²) in [6.45, 7) is 12.1. The predicted molar refractivity (Wildman–Crippen MR) is 89.1 cm³/mol. The second kappa shape index (κ2) is 10.1. The van der Waals surface area contributed by atoms with E-state index in [0.29, 0.717) is 6.61 Å². The molecule has 0 aliphatic carbocycles. The fourth-order valence-corrected chi connectivity index (χ4v) is 11.3. The van der Waals surface area contributed by atoms with Crippen LogP contribution in [0.15, 0.2) is 0 Å². The lowest BCUT2D eigenvalue weighted by atomic mass is 10.4. The normalized spacial score (nSPS) is 14.6. The van der Waals surface area contributed by atoms with E-state index in [1.54, 1.807) is 0 Å². The highest BCUT2D eigenvalue weighted by molar-refractivity contribution is 6.84. The molecule has 0 rings (SSSR count). The molecule has 0 spiro atoms. The van der Waals surface area contributed by atoms with Crippen LogP contribution in [0, 0.1) is 0 Å². The Bertz CT molecular complexity index is 247. The first kappa shape index (κ1) is 20.3. The molecule has 0 aromatic carbocycles. The average molecular weight is 323 g/mol. The predicted octanol–water partition coefficient (Wildman–Crippen LogP) is 2.97. The molecule has 1 unspecified atom stereocenters. The van der Waals surface area contributed by atoms with Crippen LogP contribution < -0.4 is 0 Å². The minimum atomic E-state index is -1.60. The van der Waals surface area contributed by atoms with Gasteiger partial charge in [0, 0.05) is 6.61 Å². The standard InChI is InChI=1S/C14H34O4Si2/c1-6-7-10-19(2,3)18-20(4,5)11-8-9-17-13-14(16)12-15/h14-16H,6-13H2,1-5H3. The van der Waals surface area contributed by atoms with E-state index in [0.717, 1.165) is 12.5 Å². The van der Waals surface area contributed by atoms with Gasteiger partial charge in [-0.1, -0.05) is 19.8 Å². The van der Waals surface area contributed by atoms with E-state index < -0.39 is 22.7 Å². The molecule has 0 heterocycles. The highest BCUT2D eigenvalue weighted by Gasteiger charge is 2.31. The number of unbranched alkanes of at least 4 members (excludes halogenated alkanes) is 1. The van der Waals surface area contributed by atoms with Crippen molar-refractivity contribution in [3.8, 4) is 0 Å². The van der Waals surface area contributed by atoms with Crippen LogP contribution in [0.5, 0.6) is 0 Å². The molecule has 122 valence electrons. The van der Waals surface area contributed by atoms with Crippen molar-refractivity contribution in [2.24, 2.45) is 0 Å². The lowest BCUT2D eigenvalue weighted by molar-refractivity contribution is 0.00639. The minimum Gasteiger partial charge on any atom is -0.455 e. The van der Waals surface area contributed by atoms with E-state index >= 15 is 0 Å². The molecule has 4 nitrogen and oxygen atoms in total. The van der Waals surface area contributed by atoms with E-state index in [4.69, 9.17) is 19.1 Å². The number of aliphatic hydroxyl groups is 2. The second-order valence-electron chi connectivity index (χ2n) is 6.74. The van der Waals surface area contributed by atoms with Crippen molar-refractivity contribution in [3.63, 3.8) is 0 Å². The fourth-order valence-electron chi connectivity index (χ4n) is 2.32. The van der Waals surface area contributed by atoms with Gasteiger partial charge >= 0.3 is 0 Å². The lowest BCUT2D eigenvalue weighted by Gasteiger charge is -2.34. The Hall–Kier alpha value is 0.274. The topological polar surface area (TPSA) is 58.9 Å². The number of rotatable bonds is 12. The van der Waals surface area contributed by atoms with Gasteiger partial charge in [0.25, 0.3) is 0 Å². The van der Waals surface area contributed by atoms with Gasteiger partial charge < -0.3 is 19.1 Å². The number of aliphatic hydroxyl groups excluding tert-OH is 2. The number of hydrogen-bond acceptors (Lipinski definition) is 4. The lowest BCUT2D eigenvalue weighted by Crippen LogP contribution is -2.44. The van der Waals surface area contributed by atoms with E-state index in [9.17, 15) is 0 Å². The fraction of sp³-hybridized carbons (Fsp3) is 1.00. The maximum atomic E-state index is 9.17. The summed E-state index contributed by atoms with van der Waals surface area (Å²) >= 11 is 0. The summed E-state index contributed by atoms with van der Waals surface area (Å²) in [7, 11) is -3.11. The van der Waals surface area contributed by atoms with Crippen molar-refractivity contribution >= 4 is 16.6 Å². The van der Waals surface area contributed by atoms with Gasteiger partial charge in [0.05, 0.1) is 13.2 Å². The molecule has 0 fully saturated rings. The third-order valence-corrected chi connectivity index (χ3v) is 10.8. The molecule has 1 atom stereocenters. The zero-order valence-corrected chi connectivity index (χ0v) is 15.9. The summed E-state index contributed by atoms with van der Waals surface area (Å²) < 4.78 is 11.9. The van der Waals surface area contributed by atoms with Crippen LogP contribution in [0.1, 0.15) is 26.2 Å². The Morgan fingerprint density at radius 1 is 1.00 bits per heavy atom. The first-order valence-electron chi connectivity index (χ1n) is 7.79. The summed E-state index contributed by atoms with van der Waals surface area (Å²) in [6.07, 6.45) is 2.72. The van der Waals surface area contributed by atoms with Crippen LogP contribution in [0.3, 0.4) is 0 Å². The highest BCUT2D eigenvalue weighted by atomic mass is 28.4. The molecule has 0 radical (unpaired) electrons. The third-order valence-electron chi connectivity index (χ3n) is 3.27. The molecule has 0 aliphatic rings. The molecule has 2 N–H and O–H groups in total. The number of hydrogen-bond donors (Lipinski definition) is 2. The van der Waals surface area contributed by atoms with Gasteiger partial charge in [0.1, 0.15) is 6.10 Å². The maximum absolute atomic E-state index is 9.17. The summed E-state index contributed by atoms with van der Waals surface area (Å²) in [5.74, 6) is 0. The molecular formula is C14H34O4Si2.